The van der Waals surface area contributed by atoms with Gasteiger partial charge in [-0.1, -0.05) is 158 Å². The molecule has 0 saturated heterocycles. The number of carbonyl (C=O) groups is 2. The lowest BCUT2D eigenvalue weighted by molar-refractivity contribution is -0.161. The Balaban J connectivity index is 4.03. The molecule has 0 fully saturated rings. The summed E-state index contributed by atoms with van der Waals surface area (Å²) in [6, 6.07) is 0. The molecule has 0 spiro atoms. The Morgan fingerprint density at radius 1 is 0.540 bits per heavy atom. The monoisotopic (exact) mass is 722 g/mol. The first-order valence-electron chi connectivity index (χ1n) is 19.6. The van der Waals surface area contributed by atoms with Gasteiger partial charge in [0.15, 0.2) is 6.10 Å². The molecule has 0 aliphatic carbocycles. The number of phosphoric ester groups is 1. The summed E-state index contributed by atoms with van der Waals surface area (Å²) in [6.07, 6.45) is 45.1. The summed E-state index contributed by atoms with van der Waals surface area (Å²) in [5, 5.41) is 0. The first kappa shape index (κ1) is 47.8. The van der Waals surface area contributed by atoms with Crippen molar-refractivity contribution in [2.75, 3.05) is 13.2 Å². The highest BCUT2D eigenvalue weighted by atomic mass is 31.2. The fourth-order valence-electron chi connectivity index (χ4n) is 5.16. The number of allylic oxidation sites excluding steroid dienone is 10. The number of unbranched alkanes of at least 4 members (excludes halogenated alkanes) is 15. The van der Waals surface area contributed by atoms with Crippen LogP contribution < -0.4 is 0 Å². The van der Waals surface area contributed by atoms with Crippen molar-refractivity contribution in [2.24, 2.45) is 0 Å². The van der Waals surface area contributed by atoms with Gasteiger partial charge in [-0.05, 0) is 57.8 Å². The Kier molecular flexibility index (Phi) is 34.9. The SMILES string of the molecule is CC/C=C\C/C=C\C/C=C\C/C=C\C/C=C\CCCCCC(=O)OC(COC(=O)CCCCCCCCCCCCCCC)COP(=O)(O)O. The Bertz CT molecular complexity index is 995. The molecule has 0 aromatic carbocycles. The number of ether oxygens (including phenoxy) is 2. The molecule has 0 aliphatic rings. The lowest BCUT2D eigenvalue weighted by atomic mass is 10.0. The quantitative estimate of drug-likeness (QED) is 0.0287. The molecule has 2 N–H and O–H groups in total. The van der Waals surface area contributed by atoms with Crippen molar-refractivity contribution in [3.05, 3.63) is 60.8 Å². The predicted octanol–water partition coefficient (Wildman–Crippen LogP) is 11.7. The molecule has 0 heterocycles. The lowest BCUT2D eigenvalue weighted by Gasteiger charge is -2.18. The maximum Gasteiger partial charge on any atom is 0.469 e. The van der Waals surface area contributed by atoms with Crippen LogP contribution in [0.15, 0.2) is 60.8 Å². The maximum atomic E-state index is 12.4. The van der Waals surface area contributed by atoms with Crippen molar-refractivity contribution >= 4 is 19.8 Å². The second kappa shape index (κ2) is 36.5. The molecule has 0 aromatic heterocycles. The normalized spacial score (nSPS) is 13.1. The van der Waals surface area contributed by atoms with Crippen molar-refractivity contribution < 1.29 is 37.9 Å². The van der Waals surface area contributed by atoms with Gasteiger partial charge in [-0.15, -0.1) is 0 Å². The van der Waals surface area contributed by atoms with Crippen LogP contribution in [0.2, 0.25) is 0 Å². The number of phosphoric acid groups is 1. The second-order valence-corrected chi connectivity index (χ2v) is 14.1. The van der Waals surface area contributed by atoms with Crippen LogP contribution in [0.25, 0.3) is 0 Å². The summed E-state index contributed by atoms with van der Waals surface area (Å²) in [7, 11) is -4.76. The maximum absolute atomic E-state index is 12.4. The molecule has 8 nitrogen and oxygen atoms in total. The summed E-state index contributed by atoms with van der Waals surface area (Å²) in [4.78, 5) is 42.7. The van der Waals surface area contributed by atoms with E-state index in [2.05, 4.69) is 79.1 Å². The van der Waals surface area contributed by atoms with Gasteiger partial charge in [0, 0.05) is 12.8 Å². The molecule has 0 bridgehead atoms. The van der Waals surface area contributed by atoms with Gasteiger partial charge >= 0.3 is 19.8 Å². The van der Waals surface area contributed by atoms with E-state index in [0.29, 0.717) is 6.42 Å². The average molecular weight is 723 g/mol. The number of rotatable bonds is 35. The molecule has 0 rings (SSSR count). The third-order valence-corrected chi connectivity index (χ3v) is 8.54. The lowest BCUT2D eigenvalue weighted by Crippen LogP contribution is -2.29. The van der Waals surface area contributed by atoms with E-state index in [1.54, 1.807) is 0 Å². The van der Waals surface area contributed by atoms with Crippen LogP contribution in [-0.4, -0.2) is 41.0 Å². The van der Waals surface area contributed by atoms with Gasteiger partial charge in [0.2, 0.25) is 0 Å². The minimum absolute atomic E-state index is 0.172. The van der Waals surface area contributed by atoms with Gasteiger partial charge in [-0.2, -0.15) is 0 Å². The molecule has 50 heavy (non-hydrogen) atoms. The largest absolute Gasteiger partial charge is 0.469 e. The van der Waals surface area contributed by atoms with Gasteiger partial charge < -0.3 is 19.3 Å². The molecular weight excluding hydrogens is 651 g/mol. The van der Waals surface area contributed by atoms with Crippen molar-refractivity contribution in [3.63, 3.8) is 0 Å². The topological polar surface area (TPSA) is 119 Å². The molecular formula is C41H71O8P. The van der Waals surface area contributed by atoms with Crippen LogP contribution in [0.1, 0.15) is 168 Å². The zero-order valence-corrected chi connectivity index (χ0v) is 32.4. The fraction of sp³-hybridized carbons (Fsp3) is 0.707. The highest BCUT2D eigenvalue weighted by Crippen LogP contribution is 2.36. The van der Waals surface area contributed by atoms with Crippen LogP contribution in [0.5, 0.6) is 0 Å². The van der Waals surface area contributed by atoms with Gasteiger partial charge in [0.25, 0.3) is 0 Å². The van der Waals surface area contributed by atoms with Gasteiger partial charge in [-0.25, -0.2) is 4.57 Å². The fourth-order valence-corrected chi connectivity index (χ4v) is 5.52. The Morgan fingerprint density at radius 2 is 0.960 bits per heavy atom. The van der Waals surface area contributed by atoms with E-state index in [-0.39, 0.29) is 19.4 Å². The highest BCUT2D eigenvalue weighted by molar-refractivity contribution is 7.46. The highest BCUT2D eigenvalue weighted by Gasteiger charge is 2.22. The molecule has 0 saturated carbocycles. The summed E-state index contributed by atoms with van der Waals surface area (Å²) >= 11 is 0. The van der Waals surface area contributed by atoms with Gasteiger partial charge in [-0.3, -0.25) is 14.1 Å². The zero-order chi connectivity index (χ0) is 36.8. The molecule has 1 atom stereocenters. The molecule has 9 heteroatoms. The first-order chi connectivity index (χ1) is 24.3. The Morgan fingerprint density at radius 3 is 1.44 bits per heavy atom. The summed E-state index contributed by atoms with van der Waals surface area (Å²) in [5.41, 5.74) is 0. The molecule has 0 amide bonds. The number of hydrogen-bond acceptors (Lipinski definition) is 6. The summed E-state index contributed by atoms with van der Waals surface area (Å²) in [5.74, 6) is -0.924. The summed E-state index contributed by atoms with van der Waals surface area (Å²) < 4.78 is 26.3. The van der Waals surface area contributed by atoms with Gasteiger partial charge in [0.1, 0.15) is 6.61 Å². The Labute approximate surface area is 305 Å². The standard InChI is InChI=1S/C41H71O8P/c1-3-5-7-9-11-13-15-17-18-19-20-21-22-24-26-28-30-32-34-36-41(43)49-39(38-48-50(44,45)46)37-47-40(42)35-33-31-29-27-25-23-16-14-12-10-8-6-4-2/h5,7,11,13,17-18,20-21,24,26,39H,3-4,6,8-10,12,14-16,19,22-23,25,27-38H2,1-2H3,(H2,44,45,46)/b7-5-,13-11-,18-17-,21-20-,26-24-. The molecule has 0 radical (unpaired) electrons. The van der Waals surface area contributed by atoms with E-state index >= 15 is 0 Å². The average Bonchev–Trinajstić information content (AvgIpc) is 3.08. The van der Waals surface area contributed by atoms with E-state index in [0.717, 1.165) is 70.6 Å². The smallest absolute Gasteiger partial charge is 0.462 e. The van der Waals surface area contributed by atoms with E-state index in [4.69, 9.17) is 19.3 Å². The molecule has 0 aliphatic heterocycles. The Hall–Kier alpha value is -2.25. The van der Waals surface area contributed by atoms with Crippen LogP contribution >= 0.6 is 7.82 Å². The molecule has 0 aromatic rings. The minimum Gasteiger partial charge on any atom is -0.462 e. The van der Waals surface area contributed by atoms with Crippen LogP contribution in [0.4, 0.5) is 0 Å². The molecule has 1 unspecified atom stereocenters. The second-order valence-electron chi connectivity index (χ2n) is 12.9. The van der Waals surface area contributed by atoms with E-state index < -0.39 is 32.5 Å². The zero-order valence-electron chi connectivity index (χ0n) is 31.5. The predicted molar refractivity (Wildman–Crippen MR) is 207 cm³/mol. The van der Waals surface area contributed by atoms with Crippen molar-refractivity contribution in [1.29, 1.82) is 0 Å². The number of carbonyl (C=O) groups excluding carboxylic acids is 2. The first-order valence-corrected chi connectivity index (χ1v) is 21.1. The van der Waals surface area contributed by atoms with Gasteiger partial charge in [0.05, 0.1) is 6.61 Å². The number of hydrogen-bond donors (Lipinski definition) is 2. The van der Waals surface area contributed by atoms with Crippen molar-refractivity contribution in [2.45, 2.75) is 174 Å². The third-order valence-electron chi connectivity index (χ3n) is 8.05. The molecule has 288 valence electrons. The van der Waals surface area contributed by atoms with Crippen LogP contribution in [0.3, 0.4) is 0 Å². The van der Waals surface area contributed by atoms with E-state index in [9.17, 15) is 14.2 Å². The van der Waals surface area contributed by atoms with Crippen LogP contribution in [-0.2, 0) is 28.2 Å². The number of esters is 2. The van der Waals surface area contributed by atoms with E-state index in [1.165, 1.54) is 64.2 Å². The summed E-state index contributed by atoms with van der Waals surface area (Å²) in [6.45, 7) is 3.53. The third kappa shape index (κ3) is 38.6. The van der Waals surface area contributed by atoms with Crippen molar-refractivity contribution in [3.8, 4) is 0 Å². The van der Waals surface area contributed by atoms with Crippen molar-refractivity contribution in [1.82, 2.24) is 0 Å². The minimum atomic E-state index is -4.76. The van der Waals surface area contributed by atoms with E-state index in [1.807, 2.05) is 0 Å². The van der Waals surface area contributed by atoms with Crippen LogP contribution in [0, 0.1) is 0 Å².